The fraction of sp³-hybridized carbons (Fsp3) is 0.222. The summed E-state index contributed by atoms with van der Waals surface area (Å²) in [6.45, 7) is 0. The third-order valence-electron chi connectivity index (χ3n) is 1.99. The normalized spacial score (nSPS) is 11.3. The summed E-state index contributed by atoms with van der Waals surface area (Å²) in [4.78, 5) is 10.1. The third kappa shape index (κ3) is 2.86. The summed E-state index contributed by atoms with van der Waals surface area (Å²) in [5.41, 5.74) is 4.76. The lowest BCUT2D eigenvalue weighted by molar-refractivity contribution is 0.234. The van der Waals surface area contributed by atoms with E-state index in [-0.39, 0.29) is 11.4 Å². The molecular formula is C9H10F2N2O4S. The van der Waals surface area contributed by atoms with E-state index in [2.05, 4.69) is 5.32 Å². The van der Waals surface area contributed by atoms with Gasteiger partial charge in [0, 0.05) is 0 Å². The van der Waals surface area contributed by atoms with Gasteiger partial charge in [0.05, 0.1) is 17.7 Å². The molecule has 18 heavy (non-hydrogen) atoms. The smallest absolute Gasteiger partial charge is 0.341 e. The topological polar surface area (TPSA) is 98.5 Å². The van der Waals surface area contributed by atoms with E-state index in [9.17, 15) is 22.0 Å². The predicted octanol–water partition coefficient (Wildman–Crippen LogP) is 1.18. The van der Waals surface area contributed by atoms with Crippen molar-refractivity contribution in [2.45, 2.75) is 10.7 Å². The Morgan fingerprint density at radius 2 is 2.06 bits per heavy atom. The number of primary amides is 1. The van der Waals surface area contributed by atoms with Gasteiger partial charge in [-0.15, -0.1) is 0 Å². The van der Waals surface area contributed by atoms with Crippen LogP contribution in [0.2, 0.25) is 0 Å². The van der Waals surface area contributed by atoms with Crippen molar-refractivity contribution >= 4 is 21.6 Å². The standard InChI is InChI=1S/C9H10F2N2O4S/c1-17-7-3-2-5(18(15,16)8(10)11)4-6(7)13-9(12)14/h2-4,8H,1H3,(H3,12,13,14). The summed E-state index contributed by atoms with van der Waals surface area (Å²) in [6.07, 6.45) is 0. The van der Waals surface area contributed by atoms with Gasteiger partial charge in [0.2, 0.25) is 9.84 Å². The number of hydrogen-bond donors (Lipinski definition) is 2. The van der Waals surface area contributed by atoms with Crippen LogP contribution >= 0.6 is 0 Å². The predicted molar refractivity (Wildman–Crippen MR) is 59.4 cm³/mol. The average molecular weight is 280 g/mol. The molecule has 0 aliphatic heterocycles. The van der Waals surface area contributed by atoms with Crippen molar-refractivity contribution in [3.8, 4) is 5.75 Å². The minimum atomic E-state index is -4.74. The molecule has 0 saturated carbocycles. The Balaban J connectivity index is 3.31. The summed E-state index contributed by atoms with van der Waals surface area (Å²) >= 11 is 0. The van der Waals surface area contributed by atoms with Crippen LogP contribution < -0.4 is 15.8 Å². The molecule has 1 aromatic carbocycles. The van der Waals surface area contributed by atoms with Crippen LogP contribution in [0.25, 0.3) is 0 Å². The molecule has 0 atom stereocenters. The van der Waals surface area contributed by atoms with Crippen LogP contribution in [0.5, 0.6) is 5.75 Å². The van der Waals surface area contributed by atoms with Gasteiger partial charge in [0.1, 0.15) is 5.75 Å². The first-order valence-electron chi connectivity index (χ1n) is 4.55. The van der Waals surface area contributed by atoms with E-state index in [1.165, 1.54) is 7.11 Å². The van der Waals surface area contributed by atoms with Gasteiger partial charge in [-0.2, -0.15) is 8.78 Å². The van der Waals surface area contributed by atoms with Crippen molar-refractivity contribution in [2.75, 3.05) is 12.4 Å². The molecule has 0 unspecified atom stereocenters. The number of nitrogens with two attached hydrogens (primary N) is 1. The van der Waals surface area contributed by atoms with Gasteiger partial charge in [-0.25, -0.2) is 13.2 Å². The number of urea groups is 1. The van der Waals surface area contributed by atoms with E-state index in [1.54, 1.807) is 0 Å². The summed E-state index contributed by atoms with van der Waals surface area (Å²) in [6, 6.07) is 1.97. The number of methoxy groups -OCH3 is 1. The Kier molecular flexibility index (Phi) is 4.07. The highest BCUT2D eigenvalue weighted by atomic mass is 32.2. The number of amides is 2. The quantitative estimate of drug-likeness (QED) is 0.865. The van der Waals surface area contributed by atoms with Gasteiger partial charge < -0.3 is 15.8 Å². The van der Waals surface area contributed by atoms with Gasteiger partial charge >= 0.3 is 11.8 Å². The minimum absolute atomic E-state index is 0.0991. The number of benzene rings is 1. The lowest BCUT2D eigenvalue weighted by atomic mass is 10.3. The third-order valence-corrected chi connectivity index (χ3v) is 3.37. The summed E-state index contributed by atoms with van der Waals surface area (Å²) in [7, 11) is -3.47. The maximum atomic E-state index is 12.3. The van der Waals surface area contributed by atoms with Crippen molar-refractivity contribution in [2.24, 2.45) is 5.73 Å². The fourth-order valence-electron chi connectivity index (χ4n) is 1.20. The van der Waals surface area contributed by atoms with Crippen LogP contribution in [-0.2, 0) is 9.84 Å². The molecule has 6 nitrogen and oxygen atoms in total. The summed E-state index contributed by atoms with van der Waals surface area (Å²) < 4.78 is 52.0. The van der Waals surface area contributed by atoms with Gasteiger partial charge in [0.25, 0.3) is 0 Å². The number of rotatable bonds is 4. The molecule has 0 radical (unpaired) electrons. The van der Waals surface area contributed by atoms with Gasteiger partial charge in [0.15, 0.2) is 0 Å². The molecule has 0 heterocycles. The van der Waals surface area contributed by atoms with E-state index in [4.69, 9.17) is 10.5 Å². The Hall–Kier alpha value is -1.90. The molecule has 0 aliphatic rings. The van der Waals surface area contributed by atoms with Gasteiger partial charge in [-0.3, -0.25) is 0 Å². The fourth-order valence-corrected chi connectivity index (χ4v) is 1.94. The number of sulfone groups is 1. The average Bonchev–Trinajstić information content (AvgIpc) is 2.27. The Morgan fingerprint density at radius 3 is 2.50 bits per heavy atom. The van der Waals surface area contributed by atoms with Crippen LogP contribution in [0.1, 0.15) is 0 Å². The summed E-state index contributed by atoms with van der Waals surface area (Å²) in [5, 5.41) is 2.08. The number of carbonyl (C=O) groups is 1. The highest BCUT2D eigenvalue weighted by Crippen LogP contribution is 2.29. The highest BCUT2D eigenvalue weighted by molar-refractivity contribution is 7.91. The maximum absolute atomic E-state index is 12.3. The number of halogens is 2. The second-order valence-electron chi connectivity index (χ2n) is 3.16. The van der Waals surface area contributed by atoms with E-state index in [0.717, 1.165) is 18.2 Å². The molecule has 0 aromatic heterocycles. The van der Waals surface area contributed by atoms with Crippen molar-refractivity contribution in [3.05, 3.63) is 18.2 Å². The number of nitrogens with one attached hydrogen (secondary N) is 1. The Bertz CT molecular complexity index is 560. The zero-order valence-electron chi connectivity index (χ0n) is 9.18. The summed E-state index contributed by atoms with van der Waals surface area (Å²) in [5.74, 6) is -3.45. The lowest BCUT2D eigenvalue weighted by Gasteiger charge is -2.10. The van der Waals surface area contributed by atoms with Crippen molar-refractivity contribution < 1.29 is 26.7 Å². The van der Waals surface area contributed by atoms with Crippen LogP contribution in [-0.4, -0.2) is 27.3 Å². The molecule has 9 heteroatoms. The molecule has 1 rings (SSSR count). The maximum Gasteiger partial charge on any atom is 0.341 e. The zero-order chi connectivity index (χ0) is 13.9. The second kappa shape index (κ2) is 5.17. The van der Waals surface area contributed by atoms with E-state index in [1.807, 2.05) is 0 Å². The number of carbonyl (C=O) groups excluding carboxylic acids is 1. The molecule has 0 aliphatic carbocycles. The van der Waals surface area contributed by atoms with Crippen molar-refractivity contribution in [3.63, 3.8) is 0 Å². The number of alkyl halides is 2. The largest absolute Gasteiger partial charge is 0.495 e. The minimum Gasteiger partial charge on any atom is -0.495 e. The molecule has 1 aromatic rings. The monoisotopic (exact) mass is 280 g/mol. The Morgan fingerprint density at radius 1 is 1.44 bits per heavy atom. The van der Waals surface area contributed by atoms with Crippen LogP contribution in [0, 0.1) is 0 Å². The lowest BCUT2D eigenvalue weighted by Crippen LogP contribution is -2.20. The molecule has 0 bridgehead atoms. The van der Waals surface area contributed by atoms with E-state index < -0.39 is 26.5 Å². The van der Waals surface area contributed by atoms with Crippen LogP contribution in [0.3, 0.4) is 0 Å². The highest BCUT2D eigenvalue weighted by Gasteiger charge is 2.27. The molecule has 100 valence electrons. The second-order valence-corrected chi connectivity index (χ2v) is 5.07. The Labute approximate surface area is 102 Å². The zero-order valence-corrected chi connectivity index (χ0v) is 10.0. The molecule has 0 saturated heterocycles. The van der Waals surface area contributed by atoms with Crippen LogP contribution in [0.4, 0.5) is 19.3 Å². The first-order chi connectivity index (χ1) is 8.28. The van der Waals surface area contributed by atoms with Gasteiger partial charge in [-0.05, 0) is 18.2 Å². The molecule has 0 fully saturated rings. The molecule has 2 amide bonds. The van der Waals surface area contributed by atoms with Crippen LogP contribution in [0.15, 0.2) is 23.1 Å². The van der Waals surface area contributed by atoms with E-state index >= 15 is 0 Å². The molecule has 0 spiro atoms. The van der Waals surface area contributed by atoms with Gasteiger partial charge in [-0.1, -0.05) is 0 Å². The number of anilines is 1. The molecule has 3 N–H and O–H groups in total. The number of ether oxygens (including phenoxy) is 1. The SMILES string of the molecule is COc1ccc(S(=O)(=O)C(F)F)cc1NC(N)=O. The first kappa shape index (κ1) is 14.2. The van der Waals surface area contributed by atoms with E-state index in [0.29, 0.717) is 0 Å². The first-order valence-corrected chi connectivity index (χ1v) is 6.10. The number of hydrogen-bond acceptors (Lipinski definition) is 4. The van der Waals surface area contributed by atoms with Crippen molar-refractivity contribution in [1.82, 2.24) is 0 Å². The van der Waals surface area contributed by atoms with Crippen molar-refractivity contribution in [1.29, 1.82) is 0 Å². The molecular weight excluding hydrogens is 270 g/mol.